The molecule has 3 heteroatoms. The minimum absolute atomic E-state index is 0.332. The lowest BCUT2D eigenvalue weighted by atomic mass is 10.1. The first-order chi connectivity index (χ1) is 7.84. The Bertz CT molecular complexity index is 333. The third kappa shape index (κ3) is 3.65. The van der Waals surface area contributed by atoms with Crippen molar-refractivity contribution in [1.29, 1.82) is 0 Å². The van der Waals surface area contributed by atoms with Crippen LogP contribution in [0, 0.1) is 0 Å². The lowest BCUT2D eigenvalue weighted by Gasteiger charge is -2.25. The van der Waals surface area contributed by atoms with Crippen molar-refractivity contribution in [2.24, 2.45) is 0 Å². The molecule has 0 saturated carbocycles. The molecule has 86 valence electrons. The molecular weight excluding hydrogens is 218 g/mol. The van der Waals surface area contributed by atoms with Crippen LogP contribution in [0.3, 0.4) is 0 Å². The first kappa shape index (κ1) is 11.7. The van der Waals surface area contributed by atoms with Crippen molar-refractivity contribution in [3.05, 3.63) is 35.9 Å². The Labute approximate surface area is 101 Å². The average molecular weight is 235 g/mol. The number of carbonyl (C=O) groups excluding carboxylic acids is 1. The fourth-order valence-electron chi connectivity index (χ4n) is 1.89. The van der Waals surface area contributed by atoms with Gasteiger partial charge in [-0.2, -0.15) is 11.8 Å². The van der Waals surface area contributed by atoms with E-state index in [1.807, 2.05) is 42.1 Å². The first-order valence-corrected chi connectivity index (χ1v) is 6.86. The molecule has 1 aliphatic heterocycles. The molecule has 0 atom stereocenters. The molecule has 0 unspecified atom stereocenters. The molecule has 0 bridgehead atoms. The summed E-state index contributed by atoms with van der Waals surface area (Å²) in [5.41, 5.74) is 1.12. The van der Waals surface area contributed by atoms with Crippen LogP contribution in [0.15, 0.2) is 30.3 Å². The molecule has 1 heterocycles. The molecule has 0 spiro atoms. The van der Waals surface area contributed by atoms with E-state index in [0.29, 0.717) is 18.7 Å². The summed E-state index contributed by atoms with van der Waals surface area (Å²) in [5, 5.41) is 0. The molecule has 2 rings (SSSR count). The second-order valence-electron chi connectivity index (χ2n) is 4.09. The summed E-state index contributed by atoms with van der Waals surface area (Å²) < 4.78 is 0. The van der Waals surface area contributed by atoms with Gasteiger partial charge in [0.25, 0.3) is 0 Å². The molecule has 0 radical (unpaired) electrons. The van der Waals surface area contributed by atoms with Crippen molar-refractivity contribution in [3.63, 3.8) is 0 Å². The molecule has 0 N–H and O–H groups in total. The van der Waals surface area contributed by atoms with Crippen LogP contribution in [-0.4, -0.2) is 41.8 Å². The molecule has 0 amide bonds. The van der Waals surface area contributed by atoms with E-state index >= 15 is 0 Å². The van der Waals surface area contributed by atoms with E-state index in [-0.39, 0.29) is 0 Å². The van der Waals surface area contributed by atoms with E-state index in [1.54, 1.807) is 0 Å². The van der Waals surface area contributed by atoms with E-state index in [4.69, 9.17) is 0 Å². The molecule has 1 aliphatic rings. The molecule has 16 heavy (non-hydrogen) atoms. The summed E-state index contributed by atoms with van der Waals surface area (Å²) in [6.45, 7) is 2.74. The number of hydrogen-bond donors (Lipinski definition) is 0. The highest BCUT2D eigenvalue weighted by Gasteiger charge is 2.13. The van der Waals surface area contributed by atoms with Gasteiger partial charge in [-0.25, -0.2) is 0 Å². The van der Waals surface area contributed by atoms with Gasteiger partial charge >= 0.3 is 0 Å². The summed E-state index contributed by atoms with van der Waals surface area (Å²) in [6.07, 6.45) is 0.574. The first-order valence-electron chi connectivity index (χ1n) is 5.70. The van der Waals surface area contributed by atoms with Gasteiger partial charge in [0.1, 0.15) is 0 Å². The van der Waals surface area contributed by atoms with Crippen LogP contribution in [0.5, 0.6) is 0 Å². The number of hydrogen-bond acceptors (Lipinski definition) is 3. The van der Waals surface area contributed by atoms with E-state index in [0.717, 1.165) is 18.7 Å². The van der Waals surface area contributed by atoms with Gasteiger partial charge in [-0.15, -0.1) is 0 Å². The second kappa shape index (κ2) is 6.06. The number of rotatable bonds is 4. The van der Waals surface area contributed by atoms with Gasteiger partial charge in [-0.05, 0) is 5.56 Å². The average Bonchev–Trinajstić information content (AvgIpc) is 2.31. The zero-order valence-electron chi connectivity index (χ0n) is 9.39. The van der Waals surface area contributed by atoms with Crippen molar-refractivity contribution in [2.75, 3.05) is 31.1 Å². The van der Waals surface area contributed by atoms with Crippen molar-refractivity contribution in [1.82, 2.24) is 4.90 Å². The Morgan fingerprint density at radius 3 is 2.56 bits per heavy atom. The van der Waals surface area contributed by atoms with Crippen LogP contribution in [0.2, 0.25) is 0 Å². The number of benzene rings is 1. The van der Waals surface area contributed by atoms with Crippen LogP contribution < -0.4 is 0 Å². The van der Waals surface area contributed by atoms with Crippen LogP contribution in [0.1, 0.15) is 5.56 Å². The zero-order chi connectivity index (χ0) is 11.2. The normalized spacial score (nSPS) is 17.2. The molecule has 1 aromatic carbocycles. The number of ketones is 1. The van der Waals surface area contributed by atoms with Gasteiger partial charge < -0.3 is 0 Å². The Hall–Kier alpha value is -0.800. The van der Waals surface area contributed by atoms with Crippen LogP contribution in [0.25, 0.3) is 0 Å². The summed E-state index contributed by atoms with van der Waals surface area (Å²) in [5.74, 6) is 2.66. The monoisotopic (exact) mass is 235 g/mol. The zero-order valence-corrected chi connectivity index (χ0v) is 10.2. The fraction of sp³-hybridized carbons (Fsp3) is 0.462. The van der Waals surface area contributed by atoms with Crippen molar-refractivity contribution >= 4 is 17.5 Å². The van der Waals surface area contributed by atoms with E-state index in [9.17, 15) is 4.79 Å². The number of Topliss-reactive ketones (excluding diaryl/α,β-unsaturated/α-hetero) is 1. The van der Waals surface area contributed by atoms with Crippen LogP contribution >= 0.6 is 11.8 Å². The van der Waals surface area contributed by atoms with Gasteiger partial charge in [0.2, 0.25) is 0 Å². The van der Waals surface area contributed by atoms with Gasteiger partial charge in [0.15, 0.2) is 5.78 Å². The minimum Gasteiger partial charge on any atom is -0.298 e. The van der Waals surface area contributed by atoms with Crippen molar-refractivity contribution < 1.29 is 4.79 Å². The predicted molar refractivity (Wildman–Crippen MR) is 68.9 cm³/mol. The molecule has 2 nitrogen and oxygen atoms in total. The van der Waals surface area contributed by atoms with Crippen LogP contribution in [0.4, 0.5) is 0 Å². The topological polar surface area (TPSA) is 20.3 Å². The van der Waals surface area contributed by atoms with Gasteiger partial charge in [-0.3, -0.25) is 9.69 Å². The Morgan fingerprint density at radius 2 is 1.88 bits per heavy atom. The lowest BCUT2D eigenvalue weighted by molar-refractivity contribution is -0.119. The minimum atomic E-state index is 0.332. The summed E-state index contributed by atoms with van der Waals surface area (Å²) in [4.78, 5) is 14.1. The number of nitrogens with zero attached hydrogens (tertiary/aromatic N) is 1. The van der Waals surface area contributed by atoms with Crippen LogP contribution in [-0.2, 0) is 11.2 Å². The molecule has 1 fully saturated rings. The maximum atomic E-state index is 11.8. The summed E-state index contributed by atoms with van der Waals surface area (Å²) >= 11 is 1.98. The summed E-state index contributed by atoms with van der Waals surface area (Å²) in [7, 11) is 0. The third-order valence-corrected chi connectivity index (χ3v) is 3.69. The molecule has 0 aromatic heterocycles. The molecule has 1 saturated heterocycles. The highest BCUT2D eigenvalue weighted by atomic mass is 32.2. The fourth-order valence-corrected chi connectivity index (χ4v) is 2.87. The van der Waals surface area contributed by atoms with E-state index < -0.39 is 0 Å². The predicted octanol–water partition coefficient (Wildman–Crippen LogP) is 1.85. The smallest absolute Gasteiger partial charge is 0.151 e. The Kier molecular flexibility index (Phi) is 4.43. The third-order valence-electron chi connectivity index (χ3n) is 2.75. The largest absolute Gasteiger partial charge is 0.298 e. The highest BCUT2D eigenvalue weighted by Crippen LogP contribution is 2.09. The highest BCUT2D eigenvalue weighted by molar-refractivity contribution is 7.99. The molecular formula is C13H17NOS. The van der Waals surface area contributed by atoms with Crippen molar-refractivity contribution in [2.45, 2.75) is 6.42 Å². The SMILES string of the molecule is O=C(Cc1ccccc1)CN1CCSCC1. The Morgan fingerprint density at radius 1 is 1.19 bits per heavy atom. The standard InChI is InChI=1S/C13H17NOS/c15-13(10-12-4-2-1-3-5-12)11-14-6-8-16-9-7-14/h1-5H,6-11H2. The van der Waals surface area contributed by atoms with Gasteiger partial charge in [0, 0.05) is 31.0 Å². The van der Waals surface area contributed by atoms with E-state index in [2.05, 4.69) is 4.90 Å². The number of carbonyl (C=O) groups is 1. The van der Waals surface area contributed by atoms with E-state index in [1.165, 1.54) is 11.5 Å². The maximum Gasteiger partial charge on any atom is 0.151 e. The summed E-state index contributed by atoms with van der Waals surface area (Å²) in [6, 6.07) is 9.99. The maximum absolute atomic E-state index is 11.8. The second-order valence-corrected chi connectivity index (χ2v) is 5.31. The quantitative estimate of drug-likeness (QED) is 0.794. The molecule has 0 aliphatic carbocycles. The number of thioether (sulfide) groups is 1. The Balaban J connectivity index is 1.80. The van der Waals surface area contributed by atoms with Gasteiger partial charge in [0.05, 0.1) is 6.54 Å². The molecule has 1 aromatic rings. The van der Waals surface area contributed by atoms with Crippen molar-refractivity contribution in [3.8, 4) is 0 Å². The van der Waals surface area contributed by atoms with Gasteiger partial charge in [-0.1, -0.05) is 30.3 Å². The lowest BCUT2D eigenvalue weighted by Crippen LogP contribution is -2.37.